The summed E-state index contributed by atoms with van der Waals surface area (Å²) in [5.41, 5.74) is 1.21. The van der Waals surface area contributed by atoms with Gasteiger partial charge in [0, 0.05) is 16.0 Å². The molecule has 0 atom stereocenters. The monoisotopic (exact) mass is 289 g/mol. The second-order valence-corrected chi connectivity index (χ2v) is 5.39. The van der Waals surface area contributed by atoms with E-state index in [1.165, 1.54) is 12.0 Å². The lowest BCUT2D eigenvalue weighted by atomic mass is 10.1. The molecule has 1 aromatic rings. The van der Waals surface area contributed by atoms with Crippen molar-refractivity contribution in [1.82, 2.24) is 5.32 Å². The molecule has 0 radical (unpaired) electrons. The molecule has 1 nitrogen and oxygen atoms in total. The van der Waals surface area contributed by atoms with Crippen LogP contribution in [0.15, 0.2) is 22.7 Å². The highest BCUT2D eigenvalue weighted by Crippen LogP contribution is 2.20. The minimum absolute atomic E-state index is 0.750. The van der Waals surface area contributed by atoms with Gasteiger partial charge in [0.1, 0.15) is 0 Å². The second-order valence-electron chi connectivity index (χ2n) is 4.10. The van der Waals surface area contributed by atoms with Crippen LogP contribution in [0.3, 0.4) is 0 Å². The van der Waals surface area contributed by atoms with Crippen molar-refractivity contribution >= 4 is 27.5 Å². The van der Waals surface area contributed by atoms with Crippen molar-refractivity contribution in [2.75, 3.05) is 6.54 Å². The molecule has 1 N–H and O–H groups in total. The van der Waals surface area contributed by atoms with Crippen LogP contribution in [0.4, 0.5) is 0 Å². The van der Waals surface area contributed by atoms with Gasteiger partial charge < -0.3 is 5.32 Å². The van der Waals surface area contributed by atoms with Gasteiger partial charge in [0.05, 0.1) is 0 Å². The molecule has 0 heterocycles. The first kappa shape index (κ1) is 13.0. The molecule has 0 fully saturated rings. The molecule has 0 amide bonds. The van der Waals surface area contributed by atoms with Crippen molar-refractivity contribution in [3.63, 3.8) is 0 Å². The summed E-state index contributed by atoms with van der Waals surface area (Å²) in [7, 11) is 0. The lowest BCUT2D eigenvalue weighted by Gasteiger charge is -2.08. The first-order valence-corrected chi connectivity index (χ1v) is 6.41. The zero-order valence-corrected chi connectivity index (χ0v) is 11.5. The quantitative estimate of drug-likeness (QED) is 0.800. The van der Waals surface area contributed by atoms with Crippen LogP contribution in [-0.4, -0.2) is 6.54 Å². The Kier molecular flexibility index (Phi) is 5.65. The van der Waals surface area contributed by atoms with Crippen molar-refractivity contribution in [1.29, 1.82) is 0 Å². The fourth-order valence-electron chi connectivity index (χ4n) is 1.29. The van der Waals surface area contributed by atoms with Gasteiger partial charge in [-0.2, -0.15) is 0 Å². The largest absolute Gasteiger partial charge is 0.313 e. The van der Waals surface area contributed by atoms with Crippen LogP contribution < -0.4 is 5.32 Å². The van der Waals surface area contributed by atoms with E-state index in [0.717, 1.165) is 28.5 Å². The maximum absolute atomic E-state index is 5.93. The molecule has 0 aliphatic carbocycles. The highest BCUT2D eigenvalue weighted by Gasteiger charge is 2.00. The Labute approximate surface area is 105 Å². The van der Waals surface area contributed by atoms with E-state index in [2.05, 4.69) is 35.1 Å². The standard InChI is InChI=1S/C12H17BrClN/c1-9(2)5-6-15-8-10-7-11(14)3-4-12(10)13/h3-4,7,9,15H,5-6,8H2,1-2H3. The van der Waals surface area contributed by atoms with Crippen molar-refractivity contribution < 1.29 is 0 Å². The van der Waals surface area contributed by atoms with E-state index in [1.807, 2.05) is 18.2 Å². The van der Waals surface area contributed by atoms with Crippen LogP contribution in [0.5, 0.6) is 0 Å². The SMILES string of the molecule is CC(C)CCNCc1cc(Cl)ccc1Br. The van der Waals surface area contributed by atoms with E-state index in [0.29, 0.717) is 0 Å². The summed E-state index contributed by atoms with van der Waals surface area (Å²) in [6, 6.07) is 5.87. The van der Waals surface area contributed by atoms with E-state index in [9.17, 15) is 0 Å². The topological polar surface area (TPSA) is 12.0 Å². The second kappa shape index (κ2) is 6.51. The minimum atomic E-state index is 0.750. The molecule has 1 aromatic carbocycles. The average Bonchev–Trinajstić information content (AvgIpc) is 2.17. The van der Waals surface area contributed by atoms with E-state index in [-0.39, 0.29) is 0 Å². The highest BCUT2D eigenvalue weighted by atomic mass is 79.9. The van der Waals surface area contributed by atoms with Gasteiger partial charge in [-0.3, -0.25) is 0 Å². The molecule has 0 aliphatic rings. The van der Waals surface area contributed by atoms with Gasteiger partial charge in [0.25, 0.3) is 0 Å². The molecule has 0 bridgehead atoms. The zero-order valence-electron chi connectivity index (χ0n) is 9.19. The third-order valence-corrected chi connectivity index (χ3v) is 3.23. The minimum Gasteiger partial charge on any atom is -0.313 e. The molecule has 0 spiro atoms. The number of benzene rings is 1. The van der Waals surface area contributed by atoms with Gasteiger partial charge in [-0.1, -0.05) is 41.4 Å². The van der Waals surface area contributed by atoms with E-state index < -0.39 is 0 Å². The van der Waals surface area contributed by atoms with Crippen LogP contribution in [0.25, 0.3) is 0 Å². The molecule has 0 saturated carbocycles. The van der Waals surface area contributed by atoms with E-state index in [1.54, 1.807) is 0 Å². The molecule has 0 unspecified atom stereocenters. The summed E-state index contributed by atoms with van der Waals surface area (Å²) < 4.78 is 1.11. The molecule has 0 saturated heterocycles. The zero-order chi connectivity index (χ0) is 11.3. The predicted octanol–water partition coefficient (Wildman–Crippen LogP) is 4.24. The summed E-state index contributed by atoms with van der Waals surface area (Å²) in [6.07, 6.45) is 1.21. The van der Waals surface area contributed by atoms with Gasteiger partial charge in [0.2, 0.25) is 0 Å². The first-order chi connectivity index (χ1) is 7.09. The summed E-state index contributed by atoms with van der Waals surface area (Å²) in [4.78, 5) is 0. The third-order valence-electron chi connectivity index (χ3n) is 2.22. The number of nitrogens with one attached hydrogen (secondary N) is 1. The Balaban J connectivity index is 2.40. The summed E-state index contributed by atoms with van der Waals surface area (Å²) in [5.74, 6) is 0.750. The Hall–Kier alpha value is -0.0500. The van der Waals surface area contributed by atoms with Gasteiger partial charge in [-0.25, -0.2) is 0 Å². The third kappa shape index (κ3) is 5.01. The number of halogens is 2. The van der Waals surface area contributed by atoms with Crippen molar-refractivity contribution in [2.45, 2.75) is 26.8 Å². The number of rotatable bonds is 5. The van der Waals surface area contributed by atoms with Gasteiger partial charge in [0.15, 0.2) is 0 Å². The Bertz CT molecular complexity index is 312. The summed E-state index contributed by atoms with van der Waals surface area (Å²) >= 11 is 9.44. The molecule has 1 rings (SSSR count). The highest BCUT2D eigenvalue weighted by molar-refractivity contribution is 9.10. The number of hydrogen-bond donors (Lipinski definition) is 1. The van der Waals surface area contributed by atoms with E-state index >= 15 is 0 Å². The van der Waals surface area contributed by atoms with Crippen LogP contribution in [-0.2, 0) is 6.54 Å². The molecule has 84 valence electrons. The first-order valence-electron chi connectivity index (χ1n) is 5.24. The van der Waals surface area contributed by atoms with Crippen molar-refractivity contribution in [3.05, 3.63) is 33.3 Å². The molecule has 0 aromatic heterocycles. The predicted molar refractivity (Wildman–Crippen MR) is 70.3 cm³/mol. The van der Waals surface area contributed by atoms with Gasteiger partial charge >= 0.3 is 0 Å². The Morgan fingerprint density at radius 1 is 1.40 bits per heavy atom. The van der Waals surface area contributed by atoms with Crippen molar-refractivity contribution in [2.24, 2.45) is 5.92 Å². The summed E-state index contributed by atoms with van der Waals surface area (Å²) in [6.45, 7) is 6.39. The molecular formula is C12H17BrClN. The average molecular weight is 291 g/mol. The maximum atomic E-state index is 5.93. The number of hydrogen-bond acceptors (Lipinski definition) is 1. The lowest BCUT2D eigenvalue weighted by Crippen LogP contribution is -2.16. The van der Waals surface area contributed by atoms with E-state index in [4.69, 9.17) is 11.6 Å². The molecule has 15 heavy (non-hydrogen) atoms. The van der Waals surface area contributed by atoms with Crippen molar-refractivity contribution in [3.8, 4) is 0 Å². The Morgan fingerprint density at radius 3 is 2.80 bits per heavy atom. The molecule has 3 heteroatoms. The smallest absolute Gasteiger partial charge is 0.0410 e. The molecular weight excluding hydrogens is 273 g/mol. The van der Waals surface area contributed by atoms with Crippen LogP contribution in [0.1, 0.15) is 25.8 Å². The maximum Gasteiger partial charge on any atom is 0.0410 e. The van der Waals surface area contributed by atoms with Gasteiger partial charge in [-0.05, 0) is 42.6 Å². The summed E-state index contributed by atoms with van der Waals surface area (Å²) in [5, 5.41) is 4.20. The van der Waals surface area contributed by atoms with Crippen LogP contribution >= 0.6 is 27.5 Å². The van der Waals surface area contributed by atoms with Crippen LogP contribution in [0.2, 0.25) is 5.02 Å². The fourth-order valence-corrected chi connectivity index (χ4v) is 1.87. The van der Waals surface area contributed by atoms with Gasteiger partial charge in [-0.15, -0.1) is 0 Å². The molecule has 0 aliphatic heterocycles. The fraction of sp³-hybridized carbons (Fsp3) is 0.500. The lowest BCUT2D eigenvalue weighted by molar-refractivity contribution is 0.537. The normalized spacial score (nSPS) is 11.0. The Morgan fingerprint density at radius 2 is 2.13 bits per heavy atom. The van der Waals surface area contributed by atoms with Crippen LogP contribution in [0, 0.1) is 5.92 Å².